The fourth-order valence-electron chi connectivity index (χ4n) is 3.63. The van der Waals surface area contributed by atoms with Crippen LogP contribution >= 0.6 is 0 Å². The molecule has 3 rings (SSSR count). The third kappa shape index (κ3) is 6.74. The number of hydrogen-bond donors (Lipinski definition) is 0. The van der Waals surface area contributed by atoms with Crippen LogP contribution in [0.1, 0.15) is 34.7 Å². The zero-order chi connectivity index (χ0) is 27.5. The Morgan fingerprint density at radius 3 is 2.11 bits per heavy atom. The molecule has 14 heteroatoms. The summed E-state index contributed by atoms with van der Waals surface area (Å²) >= 11 is 0. The number of piperazine rings is 1. The van der Waals surface area contributed by atoms with E-state index in [1.54, 1.807) is 0 Å². The third-order valence-corrected chi connectivity index (χ3v) is 7.77. The lowest BCUT2D eigenvalue weighted by Gasteiger charge is -2.35. The lowest BCUT2D eigenvalue weighted by atomic mass is 10.1. The van der Waals surface area contributed by atoms with Gasteiger partial charge in [-0.15, -0.1) is 0 Å². The largest absolute Gasteiger partial charge is 0.491 e. The predicted octanol–water partition coefficient (Wildman–Crippen LogP) is 1.07. The first-order valence-corrected chi connectivity index (χ1v) is 15.2. The van der Waals surface area contributed by atoms with Crippen LogP contribution in [0.4, 0.5) is 5.82 Å². The minimum Gasteiger partial charge on any atom is -0.491 e. The van der Waals surface area contributed by atoms with E-state index in [0.29, 0.717) is 18.9 Å². The average molecular weight is 555 g/mol. The average Bonchev–Trinajstić information content (AvgIpc) is 2.85. The molecule has 1 aliphatic heterocycles. The number of ether oxygens (including phenoxy) is 2. The second-order valence-corrected chi connectivity index (χ2v) is 13.1. The molecule has 0 bridgehead atoms. The van der Waals surface area contributed by atoms with Crippen LogP contribution in [0.5, 0.6) is 5.75 Å². The molecule has 1 saturated heterocycles. The van der Waals surface area contributed by atoms with Crippen LogP contribution in [0.25, 0.3) is 0 Å². The van der Waals surface area contributed by atoms with E-state index in [1.807, 2.05) is 18.7 Å². The van der Waals surface area contributed by atoms with Crippen LogP contribution in [-0.4, -0.2) is 96.0 Å². The van der Waals surface area contributed by atoms with Crippen LogP contribution in [-0.2, 0) is 24.4 Å². The second-order valence-electron chi connectivity index (χ2n) is 9.08. The molecule has 1 aromatic carbocycles. The number of rotatable bonds is 8. The van der Waals surface area contributed by atoms with Crippen LogP contribution in [0.3, 0.4) is 0 Å². The lowest BCUT2D eigenvalue weighted by Crippen LogP contribution is -2.49. The van der Waals surface area contributed by atoms with Crippen LogP contribution < -0.4 is 9.64 Å². The molecule has 0 radical (unpaired) electrons. The summed E-state index contributed by atoms with van der Waals surface area (Å²) < 4.78 is 60.2. The Morgan fingerprint density at radius 1 is 0.973 bits per heavy atom. The highest BCUT2D eigenvalue weighted by Gasteiger charge is 2.31. The van der Waals surface area contributed by atoms with E-state index < -0.39 is 31.6 Å². The fourth-order valence-corrected chi connectivity index (χ4v) is 5.21. The quantitative estimate of drug-likeness (QED) is 0.431. The Kier molecular flexibility index (Phi) is 8.42. The molecule has 0 atom stereocenters. The lowest BCUT2D eigenvalue weighted by molar-refractivity contribution is 0.0593. The number of esters is 1. The summed E-state index contributed by atoms with van der Waals surface area (Å²) in [6, 6.07) is 2.21. The number of sulfone groups is 2. The van der Waals surface area contributed by atoms with E-state index in [-0.39, 0.29) is 52.4 Å². The first-order valence-electron chi connectivity index (χ1n) is 11.4. The van der Waals surface area contributed by atoms with Crippen LogP contribution in [0, 0.1) is 5.92 Å². The predicted molar refractivity (Wildman–Crippen MR) is 134 cm³/mol. The number of aromatic nitrogens is 2. The second kappa shape index (κ2) is 11.0. The van der Waals surface area contributed by atoms with E-state index in [4.69, 9.17) is 4.74 Å². The van der Waals surface area contributed by atoms with Crippen molar-refractivity contribution in [3.63, 3.8) is 0 Å². The molecule has 12 nitrogen and oxygen atoms in total. The molecular formula is C23H30N4O8S2. The monoisotopic (exact) mass is 554 g/mol. The number of methoxy groups -OCH3 is 1. The molecule has 2 aromatic rings. The molecule has 0 unspecified atom stereocenters. The van der Waals surface area contributed by atoms with Gasteiger partial charge in [0.1, 0.15) is 10.7 Å². The van der Waals surface area contributed by atoms with Gasteiger partial charge in [-0.2, -0.15) is 0 Å². The third-order valence-electron chi connectivity index (χ3n) is 5.57. The maximum absolute atomic E-state index is 13.6. The molecule has 0 N–H and O–H groups in total. The summed E-state index contributed by atoms with van der Waals surface area (Å²) in [6.45, 7) is 5.13. The number of benzene rings is 1. The van der Waals surface area contributed by atoms with Crippen LogP contribution in [0.15, 0.2) is 34.3 Å². The topological polar surface area (TPSA) is 153 Å². The first kappa shape index (κ1) is 28.3. The summed E-state index contributed by atoms with van der Waals surface area (Å²) in [4.78, 5) is 36.2. The van der Waals surface area contributed by atoms with Gasteiger partial charge in [-0.05, 0) is 18.1 Å². The van der Waals surface area contributed by atoms with Crippen molar-refractivity contribution in [3.05, 3.63) is 35.8 Å². The van der Waals surface area contributed by atoms with E-state index in [2.05, 4.69) is 14.7 Å². The van der Waals surface area contributed by atoms with Crippen molar-refractivity contribution in [2.45, 2.75) is 23.6 Å². The van der Waals surface area contributed by atoms with Crippen LogP contribution in [0.2, 0.25) is 0 Å². The molecule has 0 spiro atoms. The number of carbonyl (C=O) groups excluding carboxylic acids is 2. The molecular weight excluding hydrogens is 524 g/mol. The highest BCUT2D eigenvalue weighted by atomic mass is 32.2. The standard InChI is InChI=1S/C23H30N4O8S2/c1-15(2)14-35-21-17(10-16(36(4,30)31)11-19(21)37(5,32)33)22(28)27-8-6-26(7-9-27)20-13-24-18(12-25-20)23(29)34-3/h10-13,15H,6-9,14H2,1-5H3. The van der Waals surface area contributed by atoms with Crippen molar-refractivity contribution in [2.75, 3.05) is 57.3 Å². The number of nitrogens with zero attached hydrogens (tertiary/aromatic N) is 4. The normalized spacial score (nSPS) is 14.5. The summed E-state index contributed by atoms with van der Waals surface area (Å²) in [6.07, 6.45) is 4.63. The van der Waals surface area contributed by atoms with Gasteiger partial charge < -0.3 is 19.3 Å². The number of amides is 1. The number of hydrogen-bond acceptors (Lipinski definition) is 11. The van der Waals surface area contributed by atoms with Gasteiger partial charge in [0.15, 0.2) is 31.1 Å². The fraction of sp³-hybridized carbons (Fsp3) is 0.478. The van der Waals surface area contributed by atoms with Crippen molar-refractivity contribution in [1.29, 1.82) is 0 Å². The Balaban J connectivity index is 1.91. The van der Waals surface area contributed by atoms with Gasteiger partial charge in [0.05, 0.1) is 36.6 Å². The number of anilines is 1. The Bertz CT molecular complexity index is 1380. The van der Waals surface area contributed by atoms with Gasteiger partial charge in [0.25, 0.3) is 5.91 Å². The zero-order valence-electron chi connectivity index (χ0n) is 21.3. The van der Waals surface area contributed by atoms with Gasteiger partial charge >= 0.3 is 5.97 Å². The number of carbonyl (C=O) groups is 2. The molecule has 202 valence electrons. The van der Waals surface area contributed by atoms with E-state index >= 15 is 0 Å². The molecule has 1 aliphatic rings. The summed E-state index contributed by atoms with van der Waals surface area (Å²) in [5.41, 5.74) is -0.0545. The highest BCUT2D eigenvalue weighted by molar-refractivity contribution is 7.91. The Hall–Kier alpha value is -3.26. The van der Waals surface area contributed by atoms with Gasteiger partial charge in [-0.25, -0.2) is 31.6 Å². The van der Waals surface area contributed by atoms with Crippen molar-refractivity contribution in [2.24, 2.45) is 5.92 Å². The molecule has 0 saturated carbocycles. The van der Waals surface area contributed by atoms with Gasteiger partial charge in [0, 0.05) is 38.7 Å². The smallest absolute Gasteiger partial charge is 0.358 e. The van der Waals surface area contributed by atoms with E-state index in [1.165, 1.54) is 30.5 Å². The maximum atomic E-state index is 13.6. The SMILES string of the molecule is COC(=O)c1cnc(N2CCN(C(=O)c3cc(S(C)(=O)=O)cc(S(C)(=O)=O)c3OCC(C)C)CC2)cn1. The molecule has 1 fully saturated rings. The molecule has 2 heterocycles. The van der Waals surface area contributed by atoms with Crippen molar-refractivity contribution < 1.29 is 35.9 Å². The Morgan fingerprint density at radius 2 is 1.62 bits per heavy atom. The Labute approximate surface area is 216 Å². The minimum atomic E-state index is -3.92. The molecule has 0 aliphatic carbocycles. The molecule has 1 amide bonds. The first-order chi connectivity index (χ1) is 17.2. The summed E-state index contributed by atoms with van der Waals surface area (Å²) in [5, 5.41) is 0. The maximum Gasteiger partial charge on any atom is 0.358 e. The van der Waals surface area contributed by atoms with E-state index in [0.717, 1.165) is 18.6 Å². The summed E-state index contributed by atoms with van der Waals surface area (Å²) in [5.74, 6) is -0.754. The molecule has 37 heavy (non-hydrogen) atoms. The van der Waals surface area contributed by atoms with Crippen molar-refractivity contribution >= 4 is 37.4 Å². The summed E-state index contributed by atoms with van der Waals surface area (Å²) in [7, 11) is -6.50. The van der Waals surface area contributed by atoms with Gasteiger partial charge in [-0.1, -0.05) is 13.8 Å². The van der Waals surface area contributed by atoms with Crippen molar-refractivity contribution in [1.82, 2.24) is 14.9 Å². The highest BCUT2D eigenvalue weighted by Crippen LogP contribution is 2.33. The van der Waals surface area contributed by atoms with E-state index in [9.17, 15) is 26.4 Å². The van der Waals surface area contributed by atoms with Gasteiger partial charge in [-0.3, -0.25) is 4.79 Å². The van der Waals surface area contributed by atoms with Gasteiger partial charge in [0.2, 0.25) is 0 Å². The zero-order valence-corrected chi connectivity index (χ0v) is 22.9. The molecule has 1 aromatic heterocycles. The minimum absolute atomic E-state index is 0.0279. The van der Waals surface area contributed by atoms with Crippen molar-refractivity contribution in [3.8, 4) is 5.75 Å².